The van der Waals surface area contributed by atoms with Gasteiger partial charge in [0.15, 0.2) is 22.8 Å². The van der Waals surface area contributed by atoms with Gasteiger partial charge in [0, 0.05) is 57.6 Å². The Hall–Kier alpha value is -3.75. The van der Waals surface area contributed by atoms with E-state index in [2.05, 4.69) is 15.0 Å². The lowest BCUT2D eigenvalue weighted by atomic mass is 10.2. The van der Waals surface area contributed by atoms with Crippen molar-refractivity contribution in [2.45, 2.75) is 39.0 Å². The number of morpholine rings is 1. The zero-order valence-corrected chi connectivity index (χ0v) is 21.1. The number of amides is 1. The van der Waals surface area contributed by atoms with Crippen LogP contribution in [0.1, 0.15) is 20.3 Å². The molecule has 5 rings (SSSR count). The Labute approximate surface area is 216 Å². The molecule has 0 radical (unpaired) electrons. The molecule has 3 aromatic rings. The number of rotatable bonds is 5. The minimum absolute atomic E-state index is 0.0109. The summed E-state index contributed by atoms with van der Waals surface area (Å²) in [6.07, 6.45) is -1.29. The molecule has 5 heterocycles. The number of carbonyl (C=O) groups is 1. The Bertz CT molecular complexity index is 1310. The third kappa shape index (κ3) is 5.14. The van der Waals surface area contributed by atoms with Crippen molar-refractivity contribution in [2.75, 3.05) is 61.5 Å². The van der Waals surface area contributed by atoms with Crippen LogP contribution >= 0.6 is 0 Å². The topological polar surface area (TPSA) is 131 Å². The summed E-state index contributed by atoms with van der Waals surface area (Å²) in [5.74, 6) is 0.794. The first-order valence-electron chi connectivity index (χ1n) is 12.4. The second kappa shape index (κ2) is 10.2. The van der Waals surface area contributed by atoms with E-state index >= 15 is 0 Å². The fraction of sp³-hybridized carbons (Fsp3) is 0.565. The third-order valence-electron chi connectivity index (χ3n) is 6.67. The fourth-order valence-electron chi connectivity index (χ4n) is 4.83. The second-order valence-electron chi connectivity index (χ2n) is 9.32. The number of nitrogens with two attached hydrogens (primary N) is 1. The van der Waals surface area contributed by atoms with E-state index in [4.69, 9.17) is 20.4 Å². The van der Waals surface area contributed by atoms with Crippen LogP contribution in [0.25, 0.3) is 22.6 Å². The first-order chi connectivity index (χ1) is 18.1. The number of piperazine rings is 1. The Morgan fingerprint density at radius 3 is 2.42 bits per heavy atom. The van der Waals surface area contributed by atoms with E-state index in [9.17, 15) is 18.0 Å². The molecule has 12 nitrogen and oxygen atoms in total. The molecular weight excluding hydrogens is 505 g/mol. The molecule has 2 aliphatic rings. The zero-order chi connectivity index (χ0) is 27.0. The van der Waals surface area contributed by atoms with E-state index in [0.717, 1.165) is 4.57 Å². The van der Waals surface area contributed by atoms with Gasteiger partial charge >= 0.3 is 6.18 Å². The summed E-state index contributed by atoms with van der Waals surface area (Å²) in [5, 5.41) is 0. The summed E-state index contributed by atoms with van der Waals surface area (Å²) in [6.45, 7) is 5.37. The lowest BCUT2D eigenvalue weighted by molar-refractivity contribution is -0.139. The lowest BCUT2D eigenvalue weighted by Gasteiger charge is -2.40. The van der Waals surface area contributed by atoms with Crippen LogP contribution in [-0.4, -0.2) is 98.4 Å². The molecule has 0 aliphatic carbocycles. The van der Waals surface area contributed by atoms with Gasteiger partial charge in [-0.15, -0.1) is 0 Å². The highest BCUT2D eigenvalue weighted by atomic mass is 19.4. The molecule has 1 atom stereocenters. The van der Waals surface area contributed by atoms with Gasteiger partial charge in [0.05, 0.1) is 18.8 Å². The summed E-state index contributed by atoms with van der Waals surface area (Å²) in [5.41, 5.74) is 6.36. The number of halogens is 3. The fourth-order valence-corrected chi connectivity index (χ4v) is 4.83. The van der Waals surface area contributed by atoms with E-state index in [0.29, 0.717) is 63.7 Å². The minimum atomic E-state index is -4.53. The molecule has 15 heteroatoms. The van der Waals surface area contributed by atoms with Crippen molar-refractivity contribution >= 4 is 34.8 Å². The van der Waals surface area contributed by atoms with Gasteiger partial charge in [-0.05, 0) is 6.92 Å². The molecule has 3 aromatic heterocycles. The average Bonchev–Trinajstić information content (AvgIpc) is 3.25. The first kappa shape index (κ1) is 25.9. The van der Waals surface area contributed by atoms with Gasteiger partial charge < -0.3 is 25.2 Å². The van der Waals surface area contributed by atoms with E-state index < -0.39 is 12.7 Å². The summed E-state index contributed by atoms with van der Waals surface area (Å²) in [4.78, 5) is 39.7. The number of aromatic nitrogens is 6. The number of anilines is 3. The predicted octanol–water partition coefficient (Wildman–Crippen LogP) is 1.71. The van der Waals surface area contributed by atoms with E-state index in [1.54, 1.807) is 16.7 Å². The van der Waals surface area contributed by atoms with Crippen molar-refractivity contribution in [1.29, 1.82) is 0 Å². The van der Waals surface area contributed by atoms with E-state index in [-0.39, 0.29) is 40.8 Å². The van der Waals surface area contributed by atoms with Gasteiger partial charge in [-0.3, -0.25) is 9.36 Å². The summed E-state index contributed by atoms with van der Waals surface area (Å²) >= 11 is 0. The number of ether oxygens (including phenoxy) is 1. The molecule has 2 aliphatic heterocycles. The van der Waals surface area contributed by atoms with Crippen molar-refractivity contribution in [2.24, 2.45) is 0 Å². The molecule has 0 spiro atoms. The van der Waals surface area contributed by atoms with Crippen LogP contribution in [0, 0.1) is 0 Å². The molecule has 0 aromatic carbocycles. The van der Waals surface area contributed by atoms with Crippen LogP contribution in [0.4, 0.5) is 30.9 Å². The van der Waals surface area contributed by atoms with Crippen molar-refractivity contribution in [1.82, 2.24) is 34.4 Å². The number of hydrogen-bond acceptors (Lipinski definition) is 10. The van der Waals surface area contributed by atoms with Crippen LogP contribution < -0.4 is 15.5 Å². The molecular formula is C23H29F3N10O2. The van der Waals surface area contributed by atoms with Crippen LogP contribution in [0.2, 0.25) is 0 Å². The Morgan fingerprint density at radius 1 is 1.08 bits per heavy atom. The standard InChI is InChI=1S/C23H29F3N10O2/c1-3-16(37)35-5-4-34(12-14(35)2)22-30-17-19(33-6-8-38-9-7-33)31-18(15-10-28-21(27)29-11-15)32-20(17)36(22)13-23(24,25)26/h10-11,14H,3-9,12-13H2,1-2H3,(H2,27,28,29)/t14-/m0/s1. The van der Waals surface area contributed by atoms with Crippen molar-refractivity contribution in [3.8, 4) is 11.4 Å². The van der Waals surface area contributed by atoms with Gasteiger partial charge in [0.25, 0.3) is 0 Å². The van der Waals surface area contributed by atoms with E-state index in [1.807, 2.05) is 11.8 Å². The maximum atomic E-state index is 13.9. The average molecular weight is 535 g/mol. The largest absolute Gasteiger partial charge is 0.406 e. The zero-order valence-electron chi connectivity index (χ0n) is 21.1. The molecule has 2 N–H and O–H groups in total. The SMILES string of the molecule is CCC(=O)N1CCN(c2nc3c(N4CCOCC4)nc(-c4cnc(N)nc4)nc3n2CC(F)(F)F)C[C@@H]1C. The number of hydrogen-bond donors (Lipinski definition) is 1. The molecule has 1 amide bonds. The Morgan fingerprint density at radius 2 is 1.79 bits per heavy atom. The molecule has 204 valence electrons. The summed E-state index contributed by atoms with van der Waals surface area (Å²) in [6, 6.07) is -0.192. The number of nitrogen functional groups attached to an aromatic ring is 1. The summed E-state index contributed by atoms with van der Waals surface area (Å²) in [7, 11) is 0. The molecule has 0 unspecified atom stereocenters. The number of fused-ring (bicyclic) bond motifs is 1. The van der Waals surface area contributed by atoms with Crippen LogP contribution in [-0.2, 0) is 16.1 Å². The van der Waals surface area contributed by atoms with Gasteiger partial charge in [0.1, 0.15) is 6.54 Å². The highest BCUT2D eigenvalue weighted by Gasteiger charge is 2.36. The van der Waals surface area contributed by atoms with Gasteiger partial charge in [0.2, 0.25) is 17.8 Å². The molecule has 0 bridgehead atoms. The second-order valence-corrected chi connectivity index (χ2v) is 9.32. The molecule has 0 saturated carbocycles. The number of alkyl halides is 3. The van der Waals surface area contributed by atoms with Crippen LogP contribution in [0.5, 0.6) is 0 Å². The highest BCUT2D eigenvalue weighted by Crippen LogP contribution is 2.34. The smallest absolute Gasteiger partial charge is 0.378 e. The highest BCUT2D eigenvalue weighted by molar-refractivity contribution is 5.88. The monoisotopic (exact) mass is 534 g/mol. The molecule has 38 heavy (non-hydrogen) atoms. The molecule has 2 saturated heterocycles. The van der Waals surface area contributed by atoms with E-state index in [1.165, 1.54) is 12.4 Å². The Balaban J connectivity index is 1.66. The van der Waals surface area contributed by atoms with Crippen LogP contribution in [0.15, 0.2) is 12.4 Å². The van der Waals surface area contributed by atoms with Crippen molar-refractivity contribution < 1.29 is 22.7 Å². The van der Waals surface area contributed by atoms with Gasteiger partial charge in [-0.25, -0.2) is 24.9 Å². The number of carbonyl (C=O) groups excluding carboxylic acids is 1. The summed E-state index contributed by atoms with van der Waals surface area (Å²) < 4.78 is 48.2. The van der Waals surface area contributed by atoms with Crippen LogP contribution in [0.3, 0.4) is 0 Å². The number of imidazole rings is 1. The van der Waals surface area contributed by atoms with Crippen molar-refractivity contribution in [3.63, 3.8) is 0 Å². The first-order valence-corrected chi connectivity index (χ1v) is 12.4. The Kier molecular flexibility index (Phi) is 6.94. The minimum Gasteiger partial charge on any atom is -0.378 e. The normalized spacial score (nSPS) is 18.9. The van der Waals surface area contributed by atoms with Gasteiger partial charge in [-0.1, -0.05) is 6.92 Å². The third-order valence-corrected chi connectivity index (χ3v) is 6.67. The maximum Gasteiger partial charge on any atom is 0.406 e. The van der Waals surface area contributed by atoms with Gasteiger partial charge in [-0.2, -0.15) is 13.2 Å². The molecule has 2 fully saturated rings. The van der Waals surface area contributed by atoms with Crippen molar-refractivity contribution in [3.05, 3.63) is 12.4 Å². The predicted molar refractivity (Wildman–Crippen MR) is 134 cm³/mol. The lowest BCUT2D eigenvalue weighted by Crippen LogP contribution is -2.54. The quantitative estimate of drug-likeness (QED) is 0.516. The number of nitrogens with zero attached hydrogens (tertiary/aromatic N) is 9. The maximum absolute atomic E-state index is 13.9.